The van der Waals surface area contributed by atoms with Gasteiger partial charge >= 0.3 is 5.97 Å². The second-order valence-corrected chi connectivity index (χ2v) is 7.66. The predicted octanol–water partition coefficient (Wildman–Crippen LogP) is 3.45. The molecule has 0 unspecified atom stereocenters. The largest absolute Gasteiger partial charge is 0.507 e. The van der Waals surface area contributed by atoms with Crippen LogP contribution < -0.4 is 5.73 Å². The maximum atomic E-state index is 12.1. The lowest BCUT2D eigenvalue weighted by Gasteiger charge is -2.10. The Labute approximate surface area is 179 Å². The van der Waals surface area contributed by atoms with Gasteiger partial charge in [-0.3, -0.25) is 0 Å². The highest BCUT2D eigenvalue weighted by Crippen LogP contribution is 2.39. The molecule has 0 radical (unpaired) electrons. The van der Waals surface area contributed by atoms with Crippen molar-refractivity contribution < 1.29 is 19.7 Å². The molecule has 31 heavy (non-hydrogen) atoms. The van der Waals surface area contributed by atoms with E-state index in [1.165, 1.54) is 17.7 Å². The van der Waals surface area contributed by atoms with E-state index in [0.29, 0.717) is 32.8 Å². The van der Waals surface area contributed by atoms with Crippen LogP contribution in [0.4, 0.5) is 5.69 Å². The van der Waals surface area contributed by atoms with Crippen LogP contribution in [0.25, 0.3) is 38.6 Å². The van der Waals surface area contributed by atoms with Crippen molar-refractivity contribution in [1.29, 1.82) is 0 Å². The number of rotatable bonds is 3. The molecule has 0 aliphatic heterocycles. The van der Waals surface area contributed by atoms with E-state index in [9.17, 15) is 15.0 Å². The number of aromatic hydroxyl groups is 2. The van der Waals surface area contributed by atoms with E-state index in [1.807, 2.05) is 0 Å². The Morgan fingerprint density at radius 1 is 1.03 bits per heavy atom. The molecule has 0 amide bonds. The van der Waals surface area contributed by atoms with Gasteiger partial charge in [-0.1, -0.05) is 24.3 Å². The first-order valence-electron chi connectivity index (χ1n) is 9.13. The minimum atomic E-state index is -0.561. The van der Waals surface area contributed by atoms with Crippen molar-refractivity contribution in [3.63, 3.8) is 0 Å². The van der Waals surface area contributed by atoms with Crippen LogP contribution in [0.3, 0.4) is 0 Å². The molecule has 0 spiro atoms. The number of nitrogens with two attached hydrogens (primary N) is 1. The summed E-state index contributed by atoms with van der Waals surface area (Å²) in [6.45, 7) is 0. The van der Waals surface area contributed by atoms with Gasteiger partial charge in [-0.15, -0.1) is 11.3 Å². The third kappa shape index (κ3) is 2.84. The van der Waals surface area contributed by atoms with Crippen LogP contribution in [-0.2, 0) is 4.74 Å². The molecule has 3 heterocycles. The summed E-state index contributed by atoms with van der Waals surface area (Å²) in [6.07, 6.45) is 0. The molecule has 9 nitrogen and oxygen atoms in total. The normalized spacial score (nSPS) is 11.3. The molecule has 0 aliphatic rings. The zero-order chi connectivity index (χ0) is 21.7. The van der Waals surface area contributed by atoms with Gasteiger partial charge in [0.2, 0.25) is 0 Å². The molecule has 10 heteroatoms. The van der Waals surface area contributed by atoms with Crippen LogP contribution >= 0.6 is 11.3 Å². The summed E-state index contributed by atoms with van der Waals surface area (Å²) in [5.41, 5.74) is 7.63. The number of fused-ring (bicyclic) bond motifs is 3. The number of hydrogen-bond donors (Lipinski definition) is 3. The summed E-state index contributed by atoms with van der Waals surface area (Å²) >= 11 is 1.08. The van der Waals surface area contributed by atoms with Crippen molar-refractivity contribution in [3.8, 4) is 34.3 Å². The minimum Gasteiger partial charge on any atom is -0.507 e. The monoisotopic (exact) mass is 433 g/mol. The molecule has 5 rings (SSSR count). The van der Waals surface area contributed by atoms with Crippen LogP contribution in [0.5, 0.6) is 11.5 Å². The number of ether oxygens (including phenoxy) is 1. The van der Waals surface area contributed by atoms with Gasteiger partial charge in [0.25, 0.3) is 0 Å². The number of phenolic OH excluding ortho intramolecular Hbond substituents is 2. The van der Waals surface area contributed by atoms with Gasteiger partial charge in [0.15, 0.2) is 22.1 Å². The average Bonchev–Trinajstić information content (AvgIpc) is 3.30. The van der Waals surface area contributed by atoms with Crippen LogP contribution in [0, 0.1) is 0 Å². The Balaban J connectivity index is 1.90. The maximum Gasteiger partial charge on any atom is 0.350 e. The topological polar surface area (TPSA) is 136 Å². The lowest BCUT2D eigenvalue weighted by atomic mass is 10.1. The number of benzene rings is 2. The highest BCUT2D eigenvalue weighted by molar-refractivity contribution is 7.21. The first-order chi connectivity index (χ1) is 15.0. The first-order valence-corrected chi connectivity index (χ1v) is 9.95. The summed E-state index contributed by atoms with van der Waals surface area (Å²) in [4.78, 5) is 22.0. The minimum absolute atomic E-state index is 0.000571. The Morgan fingerprint density at radius 3 is 2.32 bits per heavy atom. The third-order valence-corrected chi connectivity index (χ3v) is 5.90. The van der Waals surface area contributed by atoms with Gasteiger partial charge in [-0.2, -0.15) is 9.61 Å². The number of aromatic nitrogens is 4. The molecule has 0 saturated heterocycles. The lowest BCUT2D eigenvalue weighted by Crippen LogP contribution is -2.05. The number of carbonyl (C=O) groups is 1. The van der Waals surface area contributed by atoms with E-state index in [1.54, 1.807) is 42.5 Å². The first kappa shape index (κ1) is 18.8. The number of phenols is 2. The average molecular weight is 433 g/mol. The van der Waals surface area contributed by atoms with Gasteiger partial charge in [-0.05, 0) is 24.3 Å². The number of para-hydroxylation sites is 2. The van der Waals surface area contributed by atoms with Crippen molar-refractivity contribution in [3.05, 3.63) is 53.4 Å². The second-order valence-electron chi connectivity index (χ2n) is 6.66. The molecule has 154 valence electrons. The standard InChI is InChI=1S/C21H15N5O4S/c1-30-21(29)16-15(22)14-19-24-17(10-6-2-4-8-12(10)27)23-18(26(19)25-20(14)31-16)11-7-3-5-9-13(11)28/h2-9,27-28H,22H2,1H3. The molecular weight excluding hydrogens is 418 g/mol. The molecule has 5 aromatic rings. The van der Waals surface area contributed by atoms with Gasteiger partial charge in [0.1, 0.15) is 16.4 Å². The molecule has 0 fully saturated rings. The fourth-order valence-corrected chi connectivity index (χ4v) is 4.35. The van der Waals surface area contributed by atoms with Gasteiger partial charge in [0.05, 0.1) is 29.3 Å². The van der Waals surface area contributed by atoms with E-state index in [4.69, 9.17) is 10.5 Å². The van der Waals surface area contributed by atoms with Crippen molar-refractivity contribution in [2.24, 2.45) is 0 Å². The quantitative estimate of drug-likeness (QED) is 0.368. The lowest BCUT2D eigenvalue weighted by molar-refractivity contribution is 0.0607. The number of thiophene rings is 1. The fraction of sp³-hybridized carbons (Fsp3) is 0.0476. The summed E-state index contributed by atoms with van der Waals surface area (Å²) in [6, 6.07) is 13.4. The van der Waals surface area contributed by atoms with E-state index in [-0.39, 0.29) is 27.9 Å². The molecule has 0 bridgehead atoms. The zero-order valence-corrected chi connectivity index (χ0v) is 16.9. The van der Waals surface area contributed by atoms with Crippen LogP contribution in [0.2, 0.25) is 0 Å². The Bertz CT molecular complexity index is 1490. The Hall–Kier alpha value is -4.18. The summed E-state index contributed by atoms with van der Waals surface area (Å²) in [5, 5.41) is 25.8. The number of nitrogens with zero attached hydrogens (tertiary/aromatic N) is 4. The second kappa shape index (κ2) is 6.96. The van der Waals surface area contributed by atoms with E-state index < -0.39 is 5.97 Å². The van der Waals surface area contributed by atoms with Crippen molar-refractivity contribution in [2.45, 2.75) is 0 Å². The fourth-order valence-electron chi connectivity index (χ4n) is 3.35. The molecule has 4 N–H and O–H groups in total. The number of hydrogen-bond acceptors (Lipinski definition) is 9. The van der Waals surface area contributed by atoms with Crippen LogP contribution in [-0.4, -0.2) is 42.9 Å². The van der Waals surface area contributed by atoms with E-state index in [0.717, 1.165) is 11.3 Å². The number of nitrogen functional groups attached to an aromatic ring is 1. The van der Waals surface area contributed by atoms with Crippen LogP contribution in [0.15, 0.2) is 48.5 Å². The smallest absolute Gasteiger partial charge is 0.350 e. The summed E-state index contributed by atoms with van der Waals surface area (Å²) in [5.74, 6) is -0.0265. The molecule has 3 aromatic heterocycles. The Morgan fingerprint density at radius 2 is 1.68 bits per heavy atom. The van der Waals surface area contributed by atoms with Gasteiger partial charge in [-0.25, -0.2) is 14.8 Å². The Kier molecular flexibility index (Phi) is 4.22. The van der Waals surface area contributed by atoms with Crippen molar-refractivity contribution >= 4 is 38.9 Å². The van der Waals surface area contributed by atoms with E-state index >= 15 is 0 Å². The highest BCUT2D eigenvalue weighted by atomic mass is 32.1. The third-order valence-electron chi connectivity index (χ3n) is 4.83. The maximum absolute atomic E-state index is 12.1. The van der Waals surface area contributed by atoms with Gasteiger partial charge < -0.3 is 20.7 Å². The van der Waals surface area contributed by atoms with E-state index in [2.05, 4.69) is 15.1 Å². The number of esters is 1. The highest BCUT2D eigenvalue weighted by Gasteiger charge is 2.25. The van der Waals surface area contributed by atoms with Crippen molar-refractivity contribution in [1.82, 2.24) is 19.6 Å². The number of methoxy groups -OCH3 is 1. The predicted molar refractivity (Wildman–Crippen MR) is 116 cm³/mol. The molecule has 0 aliphatic carbocycles. The molecule has 0 saturated carbocycles. The summed E-state index contributed by atoms with van der Waals surface area (Å²) < 4.78 is 6.27. The molecule has 0 atom stereocenters. The van der Waals surface area contributed by atoms with Gasteiger partial charge in [0, 0.05) is 0 Å². The molecular formula is C21H15N5O4S. The number of carbonyl (C=O) groups excluding carboxylic acids is 1. The van der Waals surface area contributed by atoms with Crippen molar-refractivity contribution in [2.75, 3.05) is 12.8 Å². The summed E-state index contributed by atoms with van der Waals surface area (Å²) in [7, 11) is 1.28. The van der Waals surface area contributed by atoms with Crippen LogP contribution in [0.1, 0.15) is 9.67 Å². The zero-order valence-electron chi connectivity index (χ0n) is 16.1. The molecule has 2 aromatic carbocycles. The number of anilines is 1. The SMILES string of the molecule is COC(=O)c1sc2nn3c(-c4ccccc4O)nc(-c4ccccc4O)nc3c2c1N.